The summed E-state index contributed by atoms with van der Waals surface area (Å²) in [7, 11) is 0. The first-order valence-corrected chi connectivity index (χ1v) is 8.40. The van der Waals surface area contributed by atoms with Gasteiger partial charge in [-0.2, -0.15) is 0 Å². The molecule has 0 aliphatic rings. The van der Waals surface area contributed by atoms with E-state index in [9.17, 15) is 4.79 Å². The van der Waals surface area contributed by atoms with Crippen LogP contribution in [0.4, 0.5) is 0 Å². The van der Waals surface area contributed by atoms with Crippen molar-refractivity contribution >= 4 is 5.91 Å². The molecule has 2 aromatic carbocycles. The van der Waals surface area contributed by atoms with Crippen LogP contribution >= 0.6 is 0 Å². The van der Waals surface area contributed by atoms with Crippen LogP contribution in [0.1, 0.15) is 38.3 Å². The molecule has 1 unspecified atom stereocenters. The molecule has 2 aromatic rings. The molecule has 1 N–H and O–H groups in total. The Bertz CT molecular complexity index is 604. The third-order valence-electron chi connectivity index (χ3n) is 4.45. The molecule has 0 saturated heterocycles. The molecule has 2 heteroatoms. The third-order valence-corrected chi connectivity index (χ3v) is 4.45. The molecular weight excluding hydrogens is 282 g/mol. The average Bonchev–Trinajstić information content (AvgIpc) is 2.59. The van der Waals surface area contributed by atoms with Crippen LogP contribution in [0.25, 0.3) is 0 Å². The average molecular weight is 309 g/mol. The Labute approximate surface area is 139 Å². The summed E-state index contributed by atoms with van der Waals surface area (Å²) in [6.45, 7) is 7.07. The first-order valence-electron chi connectivity index (χ1n) is 8.40. The van der Waals surface area contributed by atoms with Gasteiger partial charge in [-0.25, -0.2) is 0 Å². The minimum atomic E-state index is -0.0675. The Balaban J connectivity index is 1.94. The van der Waals surface area contributed by atoms with Gasteiger partial charge in [0.05, 0.1) is 0 Å². The number of carbonyl (C=O) groups is 1. The van der Waals surface area contributed by atoms with E-state index in [1.165, 1.54) is 11.1 Å². The van der Waals surface area contributed by atoms with Crippen molar-refractivity contribution in [1.82, 2.24) is 5.32 Å². The van der Waals surface area contributed by atoms with E-state index in [1.807, 2.05) is 36.4 Å². The number of carbonyl (C=O) groups excluding carboxylic acids is 1. The van der Waals surface area contributed by atoms with Crippen molar-refractivity contribution in [1.29, 1.82) is 0 Å². The Morgan fingerprint density at radius 3 is 2.13 bits per heavy atom. The highest BCUT2D eigenvalue weighted by Crippen LogP contribution is 2.22. The maximum absolute atomic E-state index is 12.5. The maximum atomic E-state index is 12.5. The normalized spacial score (nSPS) is 12.7. The summed E-state index contributed by atoms with van der Waals surface area (Å²) in [6, 6.07) is 20.6. The quantitative estimate of drug-likeness (QED) is 0.809. The van der Waals surface area contributed by atoms with Gasteiger partial charge in [0, 0.05) is 17.9 Å². The van der Waals surface area contributed by atoms with Gasteiger partial charge in [0.25, 0.3) is 0 Å². The van der Waals surface area contributed by atoms with Crippen LogP contribution in [0.2, 0.25) is 0 Å². The van der Waals surface area contributed by atoms with Crippen molar-refractivity contribution in [2.24, 2.45) is 5.92 Å². The molecule has 23 heavy (non-hydrogen) atoms. The van der Waals surface area contributed by atoms with Crippen molar-refractivity contribution < 1.29 is 4.79 Å². The highest BCUT2D eigenvalue weighted by atomic mass is 16.1. The van der Waals surface area contributed by atoms with Crippen molar-refractivity contribution in [3.05, 3.63) is 71.8 Å². The molecule has 0 aliphatic carbocycles. The fraction of sp³-hybridized carbons (Fsp3) is 0.381. The fourth-order valence-corrected chi connectivity index (χ4v) is 2.76. The second-order valence-corrected chi connectivity index (χ2v) is 6.76. The second-order valence-electron chi connectivity index (χ2n) is 6.76. The van der Waals surface area contributed by atoms with E-state index >= 15 is 0 Å². The Morgan fingerprint density at radius 1 is 1.00 bits per heavy atom. The minimum absolute atomic E-state index is 0.0315. The van der Waals surface area contributed by atoms with E-state index in [4.69, 9.17) is 0 Å². The van der Waals surface area contributed by atoms with Crippen LogP contribution in [0.15, 0.2) is 60.7 Å². The summed E-state index contributed by atoms with van der Waals surface area (Å²) in [5.41, 5.74) is 2.40. The molecule has 1 atom stereocenters. The first-order chi connectivity index (χ1) is 11.0. The summed E-state index contributed by atoms with van der Waals surface area (Å²) >= 11 is 0. The molecule has 0 spiro atoms. The summed E-state index contributed by atoms with van der Waals surface area (Å²) in [5, 5.41) is 3.15. The van der Waals surface area contributed by atoms with Crippen LogP contribution in [-0.4, -0.2) is 12.5 Å². The van der Waals surface area contributed by atoms with E-state index in [1.54, 1.807) is 0 Å². The molecule has 0 aliphatic heterocycles. The van der Waals surface area contributed by atoms with Gasteiger partial charge >= 0.3 is 0 Å². The molecule has 0 fully saturated rings. The first kappa shape index (κ1) is 17.3. The van der Waals surface area contributed by atoms with Crippen molar-refractivity contribution in [2.45, 2.75) is 39.0 Å². The van der Waals surface area contributed by atoms with Gasteiger partial charge in [-0.05, 0) is 24.0 Å². The lowest BCUT2D eigenvalue weighted by atomic mass is 9.84. The van der Waals surface area contributed by atoms with Crippen molar-refractivity contribution in [3.8, 4) is 0 Å². The summed E-state index contributed by atoms with van der Waals surface area (Å²) < 4.78 is 0. The molecule has 2 nitrogen and oxygen atoms in total. The molecular formula is C21H27NO. The number of benzene rings is 2. The van der Waals surface area contributed by atoms with Gasteiger partial charge in [0.15, 0.2) is 0 Å². The van der Waals surface area contributed by atoms with Gasteiger partial charge in [-0.15, -0.1) is 0 Å². The SMILES string of the molecule is CCC(Cc1ccccc1)C(=O)NCC(C)(C)c1ccccc1. The van der Waals surface area contributed by atoms with Gasteiger partial charge in [0.2, 0.25) is 5.91 Å². The molecule has 0 saturated carbocycles. The number of hydrogen-bond acceptors (Lipinski definition) is 1. The zero-order chi connectivity index (χ0) is 16.7. The Morgan fingerprint density at radius 2 is 1.57 bits per heavy atom. The predicted octanol–water partition coefficient (Wildman–Crippen LogP) is 4.35. The fourth-order valence-electron chi connectivity index (χ4n) is 2.76. The Hall–Kier alpha value is -2.09. The van der Waals surface area contributed by atoms with Gasteiger partial charge in [-0.1, -0.05) is 81.4 Å². The van der Waals surface area contributed by atoms with E-state index in [0.717, 1.165) is 12.8 Å². The van der Waals surface area contributed by atoms with E-state index < -0.39 is 0 Å². The lowest BCUT2D eigenvalue weighted by Gasteiger charge is -2.27. The standard InChI is InChI=1S/C21H27NO/c1-4-18(15-17-11-7-5-8-12-17)20(23)22-16-21(2,3)19-13-9-6-10-14-19/h5-14,18H,4,15-16H2,1-3H3,(H,22,23). The molecule has 1 amide bonds. The van der Waals surface area contributed by atoms with Crippen LogP contribution < -0.4 is 5.32 Å². The zero-order valence-electron chi connectivity index (χ0n) is 14.4. The summed E-state index contributed by atoms with van der Waals surface area (Å²) in [6.07, 6.45) is 1.65. The maximum Gasteiger partial charge on any atom is 0.223 e. The molecule has 0 radical (unpaired) electrons. The molecule has 0 aromatic heterocycles. The van der Waals surface area contributed by atoms with Crippen LogP contribution in [0, 0.1) is 5.92 Å². The summed E-state index contributed by atoms with van der Waals surface area (Å²) in [5.74, 6) is 0.185. The van der Waals surface area contributed by atoms with Gasteiger partial charge in [0.1, 0.15) is 0 Å². The number of amides is 1. The predicted molar refractivity (Wildman–Crippen MR) is 96.4 cm³/mol. The lowest BCUT2D eigenvalue weighted by molar-refractivity contribution is -0.125. The lowest BCUT2D eigenvalue weighted by Crippen LogP contribution is -2.40. The third kappa shape index (κ3) is 4.95. The zero-order valence-corrected chi connectivity index (χ0v) is 14.4. The second kappa shape index (κ2) is 7.96. The number of nitrogens with one attached hydrogen (secondary N) is 1. The molecule has 0 bridgehead atoms. The van der Waals surface area contributed by atoms with E-state index in [0.29, 0.717) is 6.54 Å². The molecule has 2 rings (SSSR count). The largest absolute Gasteiger partial charge is 0.355 e. The van der Waals surface area contributed by atoms with Gasteiger partial charge < -0.3 is 5.32 Å². The molecule has 0 heterocycles. The number of hydrogen-bond donors (Lipinski definition) is 1. The van der Waals surface area contributed by atoms with Gasteiger partial charge in [-0.3, -0.25) is 4.79 Å². The van der Waals surface area contributed by atoms with E-state index in [-0.39, 0.29) is 17.2 Å². The topological polar surface area (TPSA) is 29.1 Å². The van der Waals surface area contributed by atoms with Crippen LogP contribution in [0.5, 0.6) is 0 Å². The molecule has 122 valence electrons. The van der Waals surface area contributed by atoms with Crippen LogP contribution in [0.3, 0.4) is 0 Å². The Kier molecular flexibility index (Phi) is 5.97. The number of rotatable bonds is 7. The van der Waals surface area contributed by atoms with Crippen molar-refractivity contribution in [3.63, 3.8) is 0 Å². The van der Waals surface area contributed by atoms with Crippen LogP contribution in [-0.2, 0) is 16.6 Å². The van der Waals surface area contributed by atoms with Crippen molar-refractivity contribution in [2.75, 3.05) is 6.54 Å². The smallest absolute Gasteiger partial charge is 0.223 e. The van der Waals surface area contributed by atoms with E-state index in [2.05, 4.69) is 50.4 Å². The monoisotopic (exact) mass is 309 g/mol. The highest BCUT2D eigenvalue weighted by molar-refractivity contribution is 5.79. The highest BCUT2D eigenvalue weighted by Gasteiger charge is 2.23. The summed E-state index contributed by atoms with van der Waals surface area (Å²) in [4.78, 5) is 12.5. The minimum Gasteiger partial charge on any atom is -0.355 e.